The Balaban J connectivity index is 1.89. The average Bonchev–Trinajstić information content (AvgIpc) is 2.63. The van der Waals surface area contributed by atoms with Crippen LogP contribution in [0.1, 0.15) is 37.7 Å². The van der Waals surface area contributed by atoms with Crippen molar-refractivity contribution >= 4 is 16.2 Å². The summed E-state index contributed by atoms with van der Waals surface area (Å²) in [7, 11) is -3.61. The second-order valence-corrected chi connectivity index (χ2v) is 8.24. The molecule has 24 heavy (non-hydrogen) atoms. The van der Waals surface area contributed by atoms with Gasteiger partial charge in [-0.05, 0) is 25.0 Å². The molecule has 1 heterocycles. The maximum absolute atomic E-state index is 12.9. The van der Waals surface area contributed by atoms with E-state index in [1.54, 1.807) is 24.3 Å². The molecule has 2 fully saturated rings. The molecular weight excluding hydrogens is 328 g/mol. The second-order valence-electron chi connectivity index (χ2n) is 6.34. The van der Waals surface area contributed by atoms with Crippen LogP contribution in [0.5, 0.6) is 0 Å². The van der Waals surface area contributed by atoms with Crippen LogP contribution in [0, 0.1) is 5.21 Å². The summed E-state index contributed by atoms with van der Waals surface area (Å²) in [5.41, 5.74) is 0.463. The quantitative estimate of drug-likeness (QED) is 0.359. The molecule has 1 aliphatic carbocycles. The van der Waals surface area contributed by atoms with Gasteiger partial charge in [0.2, 0.25) is 10.0 Å². The van der Waals surface area contributed by atoms with Gasteiger partial charge in [0.25, 0.3) is 0 Å². The lowest BCUT2D eigenvalue weighted by atomic mass is 9.96. The minimum atomic E-state index is -3.61. The van der Waals surface area contributed by atoms with Crippen LogP contribution in [-0.4, -0.2) is 56.0 Å². The number of nitrogens with zero attached hydrogens (tertiary/aromatic N) is 2. The highest BCUT2D eigenvalue weighted by Gasteiger charge is 2.29. The van der Waals surface area contributed by atoms with E-state index in [1.807, 2.05) is 0 Å². The van der Waals surface area contributed by atoms with E-state index in [-0.39, 0.29) is 10.9 Å². The Morgan fingerprint density at radius 1 is 1.12 bits per heavy atom. The smallest absolute Gasteiger partial charge is 0.244 e. The van der Waals surface area contributed by atoms with E-state index in [0.717, 1.165) is 30.4 Å². The number of rotatable bonds is 4. The molecule has 0 spiro atoms. The normalized spacial score (nSPS) is 21.8. The van der Waals surface area contributed by atoms with Crippen molar-refractivity contribution in [3.63, 3.8) is 0 Å². The van der Waals surface area contributed by atoms with Crippen LogP contribution in [0.25, 0.3) is 0 Å². The van der Waals surface area contributed by atoms with Crippen molar-refractivity contribution in [1.29, 1.82) is 0 Å². The lowest BCUT2D eigenvalue weighted by Gasteiger charge is -2.26. The third kappa shape index (κ3) is 3.79. The largest absolute Gasteiger partial charge is 0.624 e. The fourth-order valence-electron chi connectivity index (χ4n) is 3.33. The number of morpholine rings is 1. The van der Waals surface area contributed by atoms with Crippen LogP contribution in [0.2, 0.25) is 0 Å². The zero-order chi connectivity index (χ0) is 17.0. The molecule has 3 rings (SSSR count). The van der Waals surface area contributed by atoms with Crippen molar-refractivity contribution in [3.8, 4) is 0 Å². The summed E-state index contributed by atoms with van der Waals surface area (Å²) in [6, 6.07) is 6.68. The number of hydrogen-bond acceptors (Lipinski definition) is 4. The Hall–Kier alpha value is -1.44. The average molecular weight is 352 g/mol. The Morgan fingerprint density at radius 3 is 2.50 bits per heavy atom. The van der Waals surface area contributed by atoms with E-state index in [0.29, 0.717) is 31.9 Å². The summed E-state index contributed by atoms with van der Waals surface area (Å²) < 4.78 is 33.4. The zero-order valence-corrected chi connectivity index (χ0v) is 14.6. The molecule has 0 amide bonds. The lowest BCUT2D eigenvalue weighted by Crippen LogP contribution is -2.41. The van der Waals surface area contributed by atoms with Crippen molar-refractivity contribution in [2.45, 2.75) is 43.0 Å². The molecular formula is C17H24N2O4S. The molecule has 1 aromatic carbocycles. The first kappa shape index (κ1) is 17.4. The summed E-state index contributed by atoms with van der Waals surface area (Å²) in [5.74, 6) is 0. The molecule has 1 saturated carbocycles. The molecule has 0 unspecified atom stereocenters. The monoisotopic (exact) mass is 352 g/mol. The second kappa shape index (κ2) is 7.63. The summed E-state index contributed by atoms with van der Waals surface area (Å²) in [6.07, 6.45) is 6.49. The van der Waals surface area contributed by atoms with Crippen LogP contribution in [0.3, 0.4) is 0 Å². The van der Waals surface area contributed by atoms with Crippen molar-refractivity contribution in [2.24, 2.45) is 0 Å². The van der Waals surface area contributed by atoms with Crippen molar-refractivity contribution in [2.75, 3.05) is 26.3 Å². The van der Waals surface area contributed by atoms with Crippen LogP contribution >= 0.6 is 0 Å². The first-order chi connectivity index (χ1) is 11.6. The SMILES string of the molecule is O=S(=O)(c1ccccc1/C=[N+](\[O-])C1CCCCC1)N1CCOCC1. The molecule has 7 heteroatoms. The standard InChI is InChI=1S/C17H24N2O4S/c20-19(16-7-2-1-3-8-16)14-15-6-4-5-9-17(15)24(21,22)18-10-12-23-13-11-18/h4-6,9,14,16H,1-3,7-8,10-13H2/b19-14-. The molecule has 1 aliphatic heterocycles. The van der Waals surface area contributed by atoms with Crippen LogP contribution < -0.4 is 0 Å². The van der Waals surface area contributed by atoms with Crippen LogP contribution in [0.15, 0.2) is 29.2 Å². The molecule has 0 bridgehead atoms. The zero-order valence-electron chi connectivity index (χ0n) is 13.8. The fourth-order valence-corrected chi connectivity index (χ4v) is 4.90. The first-order valence-corrected chi connectivity index (χ1v) is 10.0. The van der Waals surface area contributed by atoms with Crippen molar-refractivity contribution < 1.29 is 17.9 Å². The molecule has 6 nitrogen and oxygen atoms in total. The van der Waals surface area contributed by atoms with E-state index in [2.05, 4.69) is 0 Å². The van der Waals surface area contributed by atoms with Gasteiger partial charge in [0.15, 0.2) is 12.3 Å². The third-order valence-electron chi connectivity index (χ3n) is 4.71. The number of hydrogen-bond donors (Lipinski definition) is 0. The Morgan fingerprint density at radius 2 is 1.79 bits per heavy atom. The van der Waals surface area contributed by atoms with E-state index in [1.165, 1.54) is 16.9 Å². The highest BCUT2D eigenvalue weighted by molar-refractivity contribution is 7.89. The predicted octanol–water partition coefficient (Wildman–Crippen LogP) is 1.97. The third-order valence-corrected chi connectivity index (χ3v) is 6.68. The molecule has 132 valence electrons. The summed E-state index contributed by atoms with van der Waals surface area (Å²) >= 11 is 0. The van der Waals surface area contributed by atoms with E-state index < -0.39 is 10.0 Å². The molecule has 0 N–H and O–H groups in total. The highest BCUT2D eigenvalue weighted by atomic mass is 32.2. The van der Waals surface area contributed by atoms with Gasteiger partial charge in [0.1, 0.15) is 0 Å². The van der Waals surface area contributed by atoms with Crippen molar-refractivity contribution in [1.82, 2.24) is 4.31 Å². The summed E-state index contributed by atoms with van der Waals surface area (Å²) in [6.45, 7) is 1.50. The predicted molar refractivity (Wildman–Crippen MR) is 91.7 cm³/mol. The molecule has 0 aromatic heterocycles. The Kier molecular flexibility index (Phi) is 5.53. The van der Waals surface area contributed by atoms with E-state index in [9.17, 15) is 13.6 Å². The van der Waals surface area contributed by atoms with E-state index in [4.69, 9.17) is 4.74 Å². The first-order valence-electron chi connectivity index (χ1n) is 8.56. The molecule has 1 saturated heterocycles. The van der Waals surface area contributed by atoms with Gasteiger partial charge < -0.3 is 9.94 Å². The van der Waals surface area contributed by atoms with Gasteiger partial charge in [-0.15, -0.1) is 0 Å². The van der Waals surface area contributed by atoms with Crippen molar-refractivity contribution in [3.05, 3.63) is 35.0 Å². The molecule has 0 atom stereocenters. The minimum absolute atomic E-state index is 0.0436. The van der Waals surface area contributed by atoms with Gasteiger partial charge in [-0.25, -0.2) is 13.2 Å². The molecule has 0 radical (unpaired) electrons. The highest BCUT2D eigenvalue weighted by Crippen LogP contribution is 2.22. The maximum Gasteiger partial charge on any atom is 0.244 e. The fraction of sp³-hybridized carbons (Fsp3) is 0.588. The van der Waals surface area contributed by atoms with Crippen LogP contribution in [-0.2, 0) is 14.8 Å². The van der Waals surface area contributed by atoms with Crippen LogP contribution in [0.4, 0.5) is 0 Å². The number of benzene rings is 1. The molecule has 1 aromatic rings. The van der Waals surface area contributed by atoms with E-state index >= 15 is 0 Å². The summed E-state index contributed by atoms with van der Waals surface area (Å²) in [5, 5.41) is 12.5. The maximum atomic E-state index is 12.9. The van der Waals surface area contributed by atoms with Gasteiger partial charge in [-0.3, -0.25) is 0 Å². The van der Waals surface area contributed by atoms with Gasteiger partial charge in [0, 0.05) is 25.9 Å². The number of ether oxygens (including phenoxy) is 1. The topological polar surface area (TPSA) is 72.7 Å². The lowest BCUT2D eigenvalue weighted by molar-refractivity contribution is -0.500. The van der Waals surface area contributed by atoms with Gasteiger partial charge in [-0.1, -0.05) is 18.6 Å². The van der Waals surface area contributed by atoms with Gasteiger partial charge in [-0.2, -0.15) is 4.31 Å². The Bertz CT molecular complexity index is 690. The van der Waals surface area contributed by atoms with Gasteiger partial charge >= 0.3 is 0 Å². The Labute approximate surface area is 143 Å². The summed E-state index contributed by atoms with van der Waals surface area (Å²) in [4.78, 5) is 0.198. The van der Waals surface area contributed by atoms with Gasteiger partial charge in [0.05, 0.1) is 23.7 Å². The molecule has 2 aliphatic rings. The minimum Gasteiger partial charge on any atom is -0.624 e. The number of hydroxylamine groups is 1. The number of sulfonamides is 1.